The summed E-state index contributed by atoms with van der Waals surface area (Å²) in [5, 5.41) is 5.77. The summed E-state index contributed by atoms with van der Waals surface area (Å²) in [6.45, 7) is 4.44. The summed E-state index contributed by atoms with van der Waals surface area (Å²) in [5.74, 6) is 1.59. The summed E-state index contributed by atoms with van der Waals surface area (Å²) in [6.07, 6.45) is 0.119. The summed E-state index contributed by atoms with van der Waals surface area (Å²) in [5.41, 5.74) is 1.82. The molecule has 0 aliphatic heterocycles. The lowest BCUT2D eigenvalue weighted by Crippen LogP contribution is -2.36. The van der Waals surface area contributed by atoms with Gasteiger partial charge >= 0.3 is 6.03 Å². The van der Waals surface area contributed by atoms with E-state index in [1.807, 2.05) is 76.5 Å². The average Bonchev–Trinajstić information content (AvgIpc) is 2.63. The molecule has 6 nitrogen and oxygen atoms in total. The van der Waals surface area contributed by atoms with Gasteiger partial charge in [0.15, 0.2) is 0 Å². The third-order valence-corrected chi connectivity index (χ3v) is 4.06. The minimum atomic E-state index is -0.243. The van der Waals surface area contributed by atoms with Gasteiger partial charge in [-0.2, -0.15) is 0 Å². The molecule has 2 aromatic rings. The van der Waals surface area contributed by atoms with Crippen molar-refractivity contribution in [2.75, 3.05) is 33.1 Å². The van der Waals surface area contributed by atoms with Gasteiger partial charge in [0.05, 0.1) is 19.3 Å². The Morgan fingerprint density at radius 2 is 1.59 bits per heavy atom. The molecule has 0 heterocycles. The number of rotatable bonds is 8. The second kappa shape index (κ2) is 9.83. The Bertz CT molecular complexity index is 712. The Labute approximate surface area is 161 Å². The van der Waals surface area contributed by atoms with Crippen molar-refractivity contribution in [3.8, 4) is 11.5 Å². The number of carbonyl (C=O) groups is 1. The van der Waals surface area contributed by atoms with E-state index >= 15 is 0 Å². The zero-order valence-electron chi connectivity index (χ0n) is 16.7. The number of likely N-dealkylation sites (N-methyl/N-ethyl adjacent to an activating group) is 1. The largest absolute Gasteiger partial charge is 0.497 e. The normalized spacial score (nSPS) is 12.0. The van der Waals surface area contributed by atoms with E-state index in [4.69, 9.17) is 9.47 Å². The number of ether oxygens (including phenoxy) is 2. The second-order valence-electron chi connectivity index (χ2n) is 6.78. The van der Waals surface area contributed by atoms with E-state index in [1.165, 1.54) is 0 Å². The van der Waals surface area contributed by atoms with Crippen LogP contribution < -0.4 is 20.1 Å². The van der Waals surface area contributed by atoms with E-state index in [9.17, 15) is 4.79 Å². The number of urea groups is 1. The Hall–Kier alpha value is -2.73. The highest BCUT2D eigenvalue weighted by Crippen LogP contribution is 2.21. The van der Waals surface area contributed by atoms with Gasteiger partial charge < -0.3 is 25.0 Å². The van der Waals surface area contributed by atoms with Crippen molar-refractivity contribution in [1.29, 1.82) is 0 Å². The Morgan fingerprint density at radius 3 is 2.11 bits per heavy atom. The fourth-order valence-electron chi connectivity index (χ4n) is 2.68. The maximum absolute atomic E-state index is 12.2. The minimum absolute atomic E-state index is 0.0588. The fourth-order valence-corrected chi connectivity index (χ4v) is 2.68. The van der Waals surface area contributed by atoms with Crippen molar-refractivity contribution in [2.45, 2.75) is 26.0 Å². The molecular formula is C21H29N3O3. The Balaban J connectivity index is 1.91. The molecule has 0 saturated heterocycles. The van der Waals surface area contributed by atoms with Gasteiger partial charge in [-0.25, -0.2) is 4.79 Å². The zero-order chi connectivity index (χ0) is 19.8. The third-order valence-electron chi connectivity index (χ3n) is 4.06. The van der Waals surface area contributed by atoms with Crippen molar-refractivity contribution < 1.29 is 14.3 Å². The minimum Gasteiger partial charge on any atom is -0.497 e. The van der Waals surface area contributed by atoms with Gasteiger partial charge in [-0.3, -0.25) is 0 Å². The predicted molar refractivity (Wildman–Crippen MR) is 109 cm³/mol. The first kappa shape index (κ1) is 20.6. The van der Waals surface area contributed by atoms with Crippen LogP contribution in [-0.4, -0.2) is 44.8 Å². The molecule has 2 rings (SSSR count). The van der Waals surface area contributed by atoms with Crippen LogP contribution in [-0.2, 0) is 0 Å². The Morgan fingerprint density at radius 1 is 1.00 bits per heavy atom. The van der Waals surface area contributed by atoms with Crippen LogP contribution in [0.3, 0.4) is 0 Å². The highest BCUT2D eigenvalue weighted by Gasteiger charge is 2.15. The topological polar surface area (TPSA) is 62.8 Å². The summed E-state index contributed by atoms with van der Waals surface area (Å²) in [4.78, 5) is 14.3. The third kappa shape index (κ3) is 6.49. The van der Waals surface area contributed by atoms with Crippen LogP contribution in [0, 0.1) is 0 Å². The van der Waals surface area contributed by atoms with Crippen LogP contribution in [0.15, 0.2) is 48.5 Å². The molecular weight excluding hydrogens is 342 g/mol. The van der Waals surface area contributed by atoms with Crippen LogP contribution >= 0.6 is 0 Å². The van der Waals surface area contributed by atoms with Crippen LogP contribution in [0.2, 0.25) is 0 Å². The van der Waals surface area contributed by atoms with E-state index < -0.39 is 0 Å². The molecule has 2 N–H and O–H groups in total. The van der Waals surface area contributed by atoms with Crippen molar-refractivity contribution in [3.05, 3.63) is 54.1 Å². The highest BCUT2D eigenvalue weighted by molar-refractivity contribution is 5.89. The first-order chi connectivity index (χ1) is 12.9. The first-order valence-corrected chi connectivity index (χ1v) is 9.01. The monoisotopic (exact) mass is 371 g/mol. The van der Waals surface area contributed by atoms with Crippen molar-refractivity contribution in [1.82, 2.24) is 10.2 Å². The van der Waals surface area contributed by atoms with Crippen molar-refractivity contribution >= 4 is 11.7 Å². The number of amides is 2. The summed E-state index contributed by atoms with van der Waals surface area (Å²) in [6, 6.07) is 15.0. The molecule has 0 aromatic heterocycles. The number of nitrogens with zero attached hydrogens (tertiary/aromatic N) is 1. The predicted octanol–water partition coefficient (Wildman–Crippen LogP) is 3.91. The molecule has 6 heteroatoms. The molecule has 0 radical (unpaired) electrons. The second-order valence-corrected chi connectivity index (χ2v) is 6.78. The van der Waals surface area contributed by atoms with Gasteiger partial charge in [0.2, 0.25) is 0 Å². The SMILES string of the molecule is COc1ccc(C(CNC(=O)Nc2ccc(OC(C)C)cc2)N(C)C)cc1. The lowest BCUT2D eigenvalue weighted by atomic mass is 10.1. The number of carbonyl (C=O) groups excluding carboxylic acids is 1. The van der Waals surface area contributed by atoms with Gasteiger partial charge in [0, 0.05) is 12.2 Å². The van der Waals surface area contributed by atoms with Crippen molar-refractivity contribution in [2.24, 2.45) is 0 Å². The van der Waals surface area contributed by atoms with E-state index in [-0.39, 0.29) is 18.2 Å². The number of hydrogen-bond donors (Lipinski definition) is 2. The molecule has 2 amide bonds. The smallest absolute Gasteiger partial charge is 0.319 e. The summed E-state index contributed by atoms with van der Waals surface area (Å²) in [7, 11) is 5.62. The number of methoxy groups -OCH3 is 1. The standard InChI is InChI=1S/C21H29N3O3/c1-15(2)27-19-12-8-17(9-13-19)23-21(25)22-14-20(24(3)4)16-6-10-18(26-5)11-7-16/h6-13,15,20H,14H2,1-5H3,(H2,22,23,25). The molecule has 0 bridgehead atoms. The van der Waals surface area contributed by atoms with Gasteiger partial charge in [0.25, 0.3) is 0 Å². The lowest BCUT2D eigenvalue weighted by molar-refractivity contribution is 0.241. The van der Waals surface area contributed by atoms with Crippen LogP contribution in [0.4, 0.5) is 10.5 Å². The molecule has 146 valence electrons. The van der Waals surface area contributed by atoms with E-state index in [1.54, 1.807) is 7.11 Å². The van der Waals surface area contributed by atoms with Gasteiger partial charge in [-0.1, -0.05) is 12.1 Å². The first-order valence-electron chi connectivity index (χ1n) is 9.01. The maximum Gasteiger partial charge on any atom is 0.319 e. The van der Waals surface area contributed by atoms with E-state index in [2.05, 4.69) is 15.5 Å². The number of benzene rings is 2. The van der Waals surface area contributed by atoms with Crippen molar-refractivity contribution in [3.63, 3.8) is 0 Å². The molecule has 1 atom stereocenters. The lowest BCUT2D eigenvalue weighted by Gasteiger charge is -2.25. The molecule has 2 aromatic carbocycles. The van der Waals surface area contributed by atoms with Crippen LogP contribution in [0.25, 0.3) is 0 Å². The molecule has 1 unspecified atom stereocenters. The van der Waals surface area contributed by atoms with Gasteiger partial charge in [0.1, 0.15) is 11.5 Å². The van der Waals surface area contributed by atoms with Crippen LogP contribution in [0.1, 0.15) is 25.5 Å². The molecule has 0 saturated carbocycles. The molecule has 0 aliphatic carbocycles. The van der Waals surface area contributed by atoms with E-state index in [0.29, 0.717) is 6.54 Å². The maximum atomic E-state index is 12.2. The molecule has 0 fully saturated rings. The number of nitrogens with one attached hydrogen (secondary N) is 2. The highest BCUT2D eigenvalue weighted by atomic mass is 16.5. The van der Waals surface area contributed by atoms with Gasteiger partial charge in [-0.05, 0) is 69.9 Å². The van der Waals surface area contributed by atoms with E-state index in [0.717, 1.165) is 22.7 Å². The number of anilines is 1. The van der Waals surface area contributed by atoms with Gasteiger partial charge in [-0.15, -0.1) is 0 Å². The zero-order valence-corrected chi connectivity index (χ0v) is 16.7. The fraction of sp³-hybridized carbons (Fsp3) is 0.381. The van der Waals surface area contributed by atoms with Crippen LogP contribution in [0.5, 0.6) is 11.5 Å². The molecule has 0 spiro atoms. The quantitative estimate of drug-likeness (QED) is 0.739. The summed E-state index contributed by atoms with van der Waals surface area (Å²) < 4.78 is 10.8. The molecule has 27 heavy (non-hydrogen) atoms. The Kier molecular flexibility index (Phi) is 7.49. The summed E-state index contributed by atoms with van der Waals surface area (Å²) >= 11 is 0. The molecule has 0 aliphatic rings. The number of hydrogen-bond acceptors (Lipinski definition) is 4. The average molecular weight is 371 g/mol.